The maximum Gasteiger partial charge on any atom is 0.307 e. The Hall–Kier alpha value is -3.29. The van der Waals surface area contributed by atoms with E-state index in [-0.39, 0.29) is 30.0 Å². The first kappa shape index (κ1) is 28.7. The molecule has 0 spiro atoms. The molecule has 0 bridgehead atoms. The third-order valence-electron chi connectivity index (χ3n) is 8.24. The number of esters is 1. The minimum atomic E-state index is -1.92. The van der Waals surface area contributed by atoms with E-state index >= 15 is 0 Å². The van der Waals surface area contributed by atoms with E-state index in [2.05, 4.69) is 82.3 Å². The van der Waals surface area contributed by atoms with Crippen molar-refractivity contribution >= 4 is 25.3 Å². The van der Waals surface area contributed by atoms with Crippen LogP contribution in [0.5, 0.6) is 0 Å². The van der Waals surface area contributed by atoms with Crippen molar-refractivity contribution in [1.29, 1.82) is 0 Å². The van der Waals surface area contributed by atoms with Crippen LogP contribution < -0.4 is 0 Å². The summed E-state index contributed by atoms with van der Waals surface area (Å²) in [5.41, 5.74) is 8.28. The van der Waals surface area contributed by atoms with Gasteiger partial charge in [-0.3, -0.25) is 4.79 Å². The number of carbonyl (C=O) groups excluding carboxylic acids is 1. The first-order valence-corrected chi connectivity index (χ1v) is 16.5. The minimum absolute atomic E-state index is 0.132. The van der Waals surface area contributed by atoms with E-state index in [0.717, 1.165) is 38.9 Å². The number of aryl methyl sites for hydroxylation is 3. The predicted octanol–water partition coefficient (Wildman–Crippen LogP) is 7.37. The molecule has 0 unspecified atom stereocenters. The van der Waals surface area contributed by atoms with E-state index in [4.69, 9.17) is 9.16 Å². The average molecular weight is 544 g/mol. The zero-order chi connectivity index (χ0) is 28.4. The number of carbonyl (C=O) groups is 1. The third kappa shape index (κ3) is 6.48. The fraction of sp³-hybridized carbons (Fsp3) is 0.406. The van der Waals surface area contributed by atoms with Gasteiger partial charge in [0.2, 0.25) is 0 Å². The summed E-state index contributed by atoms with van der Waals surface area (Å²) < 4.78 is 14.1. The first-order valence-electron chi connectivity index (χ1n) is 13.6. The molecule has 0 fully saturated rings. The second-order valence-electron chi connectivity index (χ2n) is 12.0. The number of aromatic nitrogens is 3. The quantitative estimate of drug-likeness (QED) is 0.163. The van der Waals surface area contributed by atoms with Gasteiger partial charge in [0.1, 0.15) is 12.1 Å². The Kier molecular flexibility index (Phi) is 8.42. The van der Waals surface area contributed by atoms with Gasteiger partial charge in [-0.15, -0.1) is 5.10 Å². The number of benzene rings is 3. The highest BCUT2D eigenvalue weighted by Gasteiger charge is 2.37. The molecule has 0 saturated heterocycles. The van der Waals surface area contributed by atoms with Crippen molar-refractivity contribution < 1.29 is 14.0 Å². The minimum Gasteiger partial charge on any atom is -0.461 e. The van der Waals surface area contributed by atoms with Gasteiger partial charge in [-0.25, -0.2) is 4.68 Å². The third-order valence-corrected chi connectivity index (χ3v) is 12.7. The highest BCUT2D eigenvalue weighted by Crippen LogP contribution is 2.38. The number of fused-ring (bicyclic) bond motifs is 1. The highest BCUT2D eigenvalue weighted by atomic mass is 28.4. The smallest absolute Gasteiger partial charge is 0.307 e. The number of nitrogens with zero attached hydrogens (tertiary/aromatic N) is 3. The topological polar surface area (TPSA) is 66.2 Å². The number of rotatable bonds is 9. The molecular weight excluding hydrogens is 502 g/mol. The Morgan fingerprint density at radius 3 is 2.41 bits per heavy atom. The van der Waals surface area contributed by atoms with Crippen LogP contribution in [-0.4, -0.2) is 29.3 Å². The molecule has 1 aromatic heterocycles. The molecule has 0 aliphatic carbocycles. The van der Waals surface area contributed by atoms with Crippen LogP contribution in [0.15, 0.2) is 60.7 Å². The van der Waals surface area contributed by atoms with Crippen molar-refractivity contribution in [3.63, 3.8) is 0 Å². The van der Waals surface area contributed by atoms with Crippen molar-refractivity contribution in [3.05, 3.63) is 94.0 Å². The Morgan fingerprint density at radius 2 is 1.72 bits per heavy atom. The standard InChI is InChI=1S/C32H41N3O3Si/c1-22-14-15-25(18-26(22)21-38-39(7,8)32(3,4)5)28(19-30(36)37-20-24-12-10-9-11-13-24)27-16-17-29-31(23(27)2)33-34-35(29)6/h9-18,28H,19-21H2,1-8H3/t28-/m1/s1. The van der Waals surface area contributed by atoms with Crippen LogP contribution in [0.2, 0.25) is 18.1 Å². The van der Waals surface area contributed by atoms with Crippen molar-refractivity contribution in [3.8, 4) is 0 Å². The SMILES string of the molecule is Cc1ccc([C@@H](CC(=O)OCc2ccccc2)c2ccc3c(nnn3C)c2C)cc1CO[Si](C)(C)C(C)(C)C. The Morgan fingerprint density at radius 1 is 1.00 bits per heavy atom. The van der Waals surface area contributed by atoms with Crippen molar-refractivity contribution in [1.82, 2.24) is 15.0 Å². The van der Waals surface area contributed by atoms with Gasteiger partial charge < -0.3 is 9.16 Å². The number of hydrogen-bond donors (Lipinski definition) is 0. The maximum absolute atomic E-state index is 13.2. The highest BCUT2D eigenvalue weighted by molar-refractivity contribution is 6.74. The molecule has 206 valence electrons. The number of ether oxygens (including phenoxy) is 1. The molecule has 0 radical (unpaired) electrons. The van der Waals surface area contributed by atoms with E-state index in [9.17, 15) is 4.79 Å². The van der Waals surface area contributed by atoms with Gasteiger partial charge >= 0.3 is 5.97 Å². The van der Waals surface area contributed by atoms with Crippen LogP contribution in [0, 0.1) is 13.8 Å². The van der Waals surface area contributed by atoms with Gasteiger partial charge in [0.15, 0.2) is 8.32 Å². The largest absolute Gasteiger partial charge is 0.461 e. The first-order chi connectivity index (χ1) is 18.4. The lowest BCUT2D eigenvalue weighted by atomic mass is 9.84. The normalized spacial score (nSPS) is 13.0. The van der Waals surface area contributed by atoms with Crippen molar-refractivity contribution in [2.45, 2.75) is 78.3 Å². The Balaban J connectivity index is 1.67. The van der Waals surface area contributed by atoms with Gasteiger partial charge in [-0.2, -0.15) is 0 Å². The molecule has 39 heavy (non-hydrogen) atoms. The van der Waals surface area contributed by atoms with Crippen LogP contribution in [0.25, 0.3) is 11.0 Å². The van der Waals surface area contributed by atoms with Gasteiger partial charge in [0, 0.05) is 13.0 Å². The molecule has 1 atom stereocenters. The predicted molar refractivity (Wildman–Crippen MR) is 159 cm³/mol. The van der Waals surface area contributed by atoms with E-state index in [1.807, 2.05) is 43.4 Å². The molecule has 4 aromatic rings. The zero-order valence-electron chi connectivity index (χ0n) is 24.5. The summed E-state index contributed by atoms with van der Waals surface area (Å²) in [5, 5.41) is 8.74. The van der Waals surface area contributed by atoms with Crippen LogP contribution in [0.1, 0.15) is 66.5 Å². The van der Waals surface area contributed by atoms with Gasteiger partial charge in [-0.1, -0.05) is 80.6 Å². The second-order valence-corrected chi connectivity index (χ2v) is 16.8. The second kappa shape index (κ2) is 11.4. The van der Waals surface area contributed by atoms with Crippen LogP contribution in [0.4, 0.5) is 0 Å². The van der Waals surface area contributed by atoms with Crippen molar-refractivity contribution in [2.24, 2.45) is 7.05 Å². The van der Waals surface area contributed by atoms with Crippen molar-refractivity contribution in [2.75, 3.05) is 0 Å². The summed E-state index contributed by atoms with van der Waals surface area (Å²) >= 11 is 0. The lowest BCUT2D eigenvalue weighted by Gasteiger charge is -2.36. The lowest BCUT2D eigenvalue weighted by Crippen LogP contribution is -2.40. The monoisotopic (exact) mass is 543 g/mol. The molecule has 0 aliphatic rings. The van der Waals surface area contributed by atoms with Crippen LogP contribution in [-0.2, 0) is 34.2 Å². The molecule has 1 heterocycles. The van der Waals surface area contributed by atoms with Crippen LogP contribution in [0.3, 0.4) is 0 Å². The molecule has 0 N–H and O–H groups in total. The molecule has 0 saturated carbocycles. The van der Waals surface area contributed by atoms with Gasteiger partial charge in [0.25, 0.3) is 0 Å². The van der Waals surface area contributed by atoms with E-state index in [1.165, 1.54) is 5.56 Å². The summed E-state index contributed by atoms with van der Waals surface area (Å²) in [4.78, 5) is 13.2. The zero-order valence-corrected chi connectivity index (χ0v) is 25.5. The molecule has 0 aliphatic heterocycles. The Bertz CT molecular complexity index is 1460. The Labute approximate surface area is 233 Å². The fourth-order valence-electron chi connectivity index (χ4n) is 4.54. The molecule has 6 nitrogen and oxygen atoms in total. The van der Waals surface area contributed by atoms with E-state index < -0.39 is 8.32 Å². The average Bonchev–Trinajstić information content (AvgIpc) is 3.27. The fourth-order valence-corrected chi connectivity index (χ4v) is 5.49. The van der Waals surface area contributed by atoms with Gasteiger partial charge in [0.05, 0.1) is 18.5 Å². The summed E-state index contributed by atoms with van der Waals surface area (Å²) in [7, 11) is -0.0267. The van der Waals surface area contributed by atoms with Gasteiger partial charge in [-0.05, 0) is 71.4 Å². The molecular formula is C32H41N3O3Si. The molecule has 3 aromatic carbocycles. The summed E-state index contributed by atoms with van der Waals surface area (Å²) in [6.07, 6.45) is 0.227. The summed E-state index contributed by atoms with van der Waals surface area (Å²) in [5.74, 6) is -0.422. The van der Waals surface area contributed by atoms with E-state index in [0.29, 0.717) is 6.61 Å². The summed E-state index contributed by atoms with van der Waals surface area (Å²) in [6.45, 7) is 16.3. The lowest BCUT2D eigenvalue weighted by molar-refractivity contribution is -0.145. The number of hydrogen-bond acceptors (Lipinski definition) is 5. The molecule has 4 rings (SSSR count). The molecule has 0 amide bonds. The molecule has 7 heteroatoms. The maximum atomic E-state index is 13.2. The van der Waals surface area contributed by atoms with E-state index in [1.54, 1.807) is 4.68 Å². The van der Waals surface area contributed by atoms with Crippen LogP contribution >= 0.6 is 0 Å². The summed E-state index contributed by atoms with van der Waals surface area (Å²) in [6, 6.07) is 20.4.